The second kappa shape index (κ2) is 7.91. The summed E-state index contributed by atoms with van der Waals surface area (Å²) < 4.78 is 10.9. The average Bonchev–Trinajstić information content (AvgIpc) is 2.68. The summed E-state index contributed by atoms with van der Waals surface area (Å²) in [7, 11) is 1.48. The minimum absolute atomic E-state index is 0.00627. The maximum Gasteiger partial charge on any atom is 0.314 e. The van der Waals surface area contributed by atoms with E-state index in [9.17, 15) is 10.1 Å². The molecule has 2 aromatic rings. The first-order chi connectivity index (χ1) is 13.0. The summed E-state index contributed by atoms with van der Waals surface area (Å²) in [4.78, 5) is 20.3. The lowest BCUT2D eigenvalue weighted by Crippen LogP contribution is -2.22. The second-order valence-electron chi connectivity index (χ2n) is 6.42. The molecule has 1 heterocycles. The molecule has 8 heteroatoms. The Kier molecular flexibility index (Phi) is 5.41. The summed E-state index contributed by atoms with van der Waals surface area (Å²) in [5.41, 5.74) is 12.4. The van der Waals surface area contributed by atoms with Crippen LogP contribution in [-0.4, -0.2) is 23.0 Å². The Balaban J connectivity index is 1.91. The molecule has 0 atom stereocenters. The smallest absolute Gasteiger partial charge is 0.314 e. The third-order valence-electron chi connectivity index (χ3n) is 4.65. The number of carbonyl (C=O) groups excluding carboxylic acids is 1. The highest BCUT2D eigenvalue weighted by Gasteiger charge is 2.24. The van der Waals surface area contributed by atoms with Gasteiger partial charge in [0.25, 0.3) is 0 Å². The molecule has 140 valence electrons. The molecule has 0 bridgehead atoms. The molecule has 3 rings (SSSR count). The number of rotatable bonds is 4. The molecule has 0 unspecified atom stereocenters. The number of nitriles is 1. The zero-order chi connectivity index (χ0) is 19.4. The number of carbonyl (C=O) groups is 1. The Bertz CT molecular complexity index is 901. The number of aromatic nitrogens is 2. The maximum absolute atomic E-state index is 12.4. The fraction of sp³-hybridized carbons (Fsp3) is 0.368. The Labute approximate surface area is 157 Å². The Morgan fingerprint density at radius 2 is 1.93 bits per heavy atom. The normalized spacial score (nSPS) is 14.4. The Morgan fingerprint density at radius 3 is 2.59 bits per heavy atom. The first-order valence-corrected chi connectivity index (χ1v) is 8.76. The van der Waals surface area contributed by atoms with Gasteiger partial charge in [-0.1, -0.05) is 19.3 Å². The monoisotopic (exact) mass is 367 g/mol. The van der Waals surface area contributed by atoms with E-state index >= 15 is 0 Å². The van der Waals surface area contributed by atoms with Gasteiger partial charge < -0.3 is 20.9 Å². The van der Waals surface area contributed by atoms with E-state index in [2.05, 4.69) is 9.97 Å². The number of methoxy groups -OCH3 is 1. The van der Waals surface area contributed by atoms with Gasteiger partial charge in [-0.3, -0.25) is 4.79 Å². The Hall–Kier alpha value is -3.34. The fourth-order valence-electron chi connectivity index (χ4n) is 3.24. The number of hydrogen-bond acceptors (Lipinski definition) is 8. The van der Waals surface area contributed by atoms with Gasteiger partial charge in [0.05, 0.1) is 18.7 Å². The molecule has 0 aliphatic heterocycles. The van der Waals surface area contributed by atoms with Crippen molar-refractivity contribution in [1.29, 1.82) is 5.26 Å². The molecular weight excluding hydrogens is 346 g/mol. The van der Waals surface area contributed by atoms with E-state index in [1.165, 1.54) is 7.11 Å². The van der Waals surface area contributed by atoms with Crippen LogP contribution in [0.3, 0.4) is 0 Å². The standard InChI is InChI=1S/C19H21N5O3/c1-26-15-9-12(16-13(10-20)17(21)24-19(22)23-16)7-8-14(15)27-18(25)11-5-3-2-4-6-11/h7-9,11H,2-6H2,1H3,(H4,21,22,23,24). The molecule has 1 aromatic heterocycles. The third kappa shape index (κ3) is 3.92. The highest BCUT2D eigenvalue weighted by molar-refractivity contribution is 5.78. The second-order valence-corrected chi connectivity index (χ2v) is 6.42. The van der Waals surface area contributed by atoms with Crippen LogP contribution >= 0.6 is 0 Å². The van der Waals surface area contributed by atoms with E-state index in [1.807, 2.05) is 6.07 Å². The molecule has 4 N–H and O–H groups in total. The molecule has 0 spiro atoms. The van der Waals surface area contributed by atoms with Gasteiger partial charge in [-0.05, 0) is 31.0 Å². The summed E-state index contributed by atoms with van der Waals surface area (Å²) in [5, 5.41) is 9.34. The molecule has 1 aliphatic rings. The SMILES string of the molecule is COc1cc(-c2nc(N)nc(N)c2C#N)ccc1OC(=O)C1CCCCC1. The van der Waals surface area contributed by atoms with Crippen LogP contribution in [0.1, 0.15) is 37.7 Å². The molecule has 1 aliphatic carbocycles. The molecule has 8 nitrogen and oxygen atoms in total. The number of esters is 1. The van der Waals surface area contributed by atoms with Gasteiger partial charge >= 0.3 is 5.97 Å². The number of nitrogen functional groups attached to an aromatic ring is 2. The lowest BCUT2D eigenvalue weighted by atomic mass is 9.89. The molecule has 0 saturated heterocycles. The van der Waals surface area contributed by atoms with Crippen molar-refractivity contribution in [3.63, 3.8) is 0 Å². The molecule has 1 saturated carbocycles. The minimum Gasteiger partial charge on any atom is -0.493 e. The first-order valence-electron chi connectivity index (χ1n) is 8.76. The molecule has 1 aromatic carbocycles. The quantitative estimate of drug-likeness (QED) is 0.621. The zero-order valence-electron chi connectivity index (χ0n) is 15.1. The van der Waals surface area contributed by atoms with Crippen molar-refractivity contribution in [1.82, 2.24) is 9.97 Å². The Morgan fingerprint density at radius 1 is 1.19 bits per heavy atom. The lowest BCUT2D eigenvalue weighted by Gasteiger charge is -2.20. The van der Waals surface area contributed by atoms with Crippen molar-refractivity contribution in [3.05, 3.63) is 23.8 Å². The largest absolute Gasteiger partial charge is 0.493 e. The van der Waals surface area contributed by atoms with Gasteiger partial charge in [0.15, 0.2) is 11.5 Å². The molecule has 1 fully saturated rings. The van der Waals surface area contributed by atoms with Crippen LogP contribution in [0.4, 0.5) is 11.8 Å². The van der Waals surface area contributed by atoms with E-state index in [-0.39, 0.29) is 29.2 Å². The summed E-state index contributed by atoms with van der Waals surface area (Å²) in [5.74, 6) is 0.338. The topological polar surface area (TPSA) is 137 Å². The van der Waals surface area contributed by atoms with Crippen molar-refractivity contribution in [2.75, 3.05) is 18.6 Å². The van der Waals surface area contributed by atoms with Gasteiger partial charge in [-0.15, -0.1) is 0 Å². The van der Waals surface area contributed by atoms with Crippen LogP contribution in [-0.2, 0) is 4.79 Å². The number of anilines is 2. The van der Waals surface area contributed by atoms with Crippen LogP contribution in [0.15, 0.2) is 18.2 Å². The van der Waals surface area contributed by atoms with E-state index in [1.54, 1.807) is 18.2 Å². The number of nitrogens with zero attached hydrogens (tertiary/aromatic N) is 3. The summed E-state index contributed by atoms with van der Waals surface area (Å²) >= 11 is 0. The highest BCUT2D eigenvalue weighted by Crippen LogP contribution is 2.35. The van der Waals surface area contributed by atoms with E-state index in [0.717, 1.165) is 32.1 Å². The van der Waals surface area contributed by atoms with Crippen molar-refractivity contribution in [2.45, 2.75) is 32.1 Å². The number of hydrogen-bond donors (Lipinski definition) is 2. The van der Waals surface area contributed by atoms with Crippen LogP contribution in [0.25, 0.3) is 11.3 Å². The number of benzene rings is 1. The predicted octanol–water partition coefficient (Wildman–Crippen LogP) is 2.67. The summed E-state index contributed by atoms with van der Waals surface area (Å²) in [6.45, 7) is 0. The van der Waals surface area contributed by atoms with Crippen molar-refractivity contribution >= 4 is 17.7 Å². The van der Waals surface area contributed by atoms with Crippen LogP contribution in [0.2, 0.25) is 0 Å². The number of nitrogens with two attached hydrogens (primary N) is 2. The molecule has 27 heavy (non-hydrogen) atoms. The van der Waals surface area contributed by atoms with Gasteiger partial charge in [0.1, 0.15) is 17.5 Å². The van der Waals surface area contributed by atoms with Crippen molar-refractivity contribution in [2.24, 2.45) is 5.92 Å². The lowest BCUT2D eigenvalue weighted by molar-refractivity contribution is -0.140. The fourth-order valence-corrected chi connectivity index (χ4v) is 3.24. The van der Waals surface area contributed by atoms with Crippen molar-refractivity contribution < 1.29 is 14.3 Å². The van der Waals surface area contributed by atoms with Crippen LogP contribution in [0, 0.1) is 17.2 Å². The molecular formula is C19H21N5O3. The molecule has 0 amide bonds. The average molecular weight is 367 g/mol. The van der Waals surface area contributed by atoms with E-state index < -0.39 is 0 Å². The minimum atomic E-state index is -0.242. The third-order valence-corrected chi connectivity index (χ3v) is 4.65. The predicted molar refractivity (Wildman–Crippen MR) is 99.8 cm³/mol. The van der Waals surface area contributed by atoms with Gasteiger partial charge in [0, 0.05) is 5.56 Å². The highest BCUT2D eigenvalue weighted by atomic mass is 16.6. The van der Waals surface area contributed by atoms with Crippen LogP contribution in [0.5, 0.6) is 11.5 Å². The summed E-state index contributed by atoms with van der Waals surface area (Å²) in [6.07, 6.45) is 4.95. The first kappa shape index (κ1) is 18.5. The molecule has 0 radical (unpaired) electrons. The maximum atomic E-state index is 12.4. The van der Waals surface area contributed by atoms with Gasteiger partial charge in [-0.2, -0.15) is 10.2 Å². The van der Waals surface area contributed by atoms with E-state index in [0.29, 0.717) is 22.8 Å². The van der Waals surface area contributed by atoms with Crippen molar-refractivity contribution in [3.8, 4) is 28.8 Å². The number of ether oxygens (including phenoxy) is 2. The van der Waals surface area contributed by atoms with E-state index in [4.69, 9.17) is 20.9 Å². The van der Waals surface area contributed by atoms with Crippen LogP contribution < -0.4 is 20.9 Å². The zero-order valence-corrected chi connectivity index (χ0v) is 15.1. The van der Waals surface area contributed by atoms with Gasteiger partial charge in [-0.25, -0.2) is 4.98 Å². The van der Waals surface area contributed by atoms with Gasteiger partial charge in [0.2, 0.25) is 5.95 Å². The summed E-state index contributed by atoms with van der Waals surface area (Å²) in [6, 6.07) is 6.91.